The number of aromatic nitrogens is 4. The summed E-state index contributed by atoms with van der Waals surface area (Å²) in [6.07, 6.45) is 19.7. The van der Waals surface area contributed by atoms with E-state index >= 15 is 0 Å². The molecular formula is C18H20N4P2. The van der Waals surface area contributed by atoms with Crippen LogP contribution in [0.5, 0.6) is 0 Å². The Hall–Kier alpha value is -2.02. The first-order valence-electron chi connectivity index (χ1n) is 8.00. The summed E-state index contributed by atoms with van der Waals surface area (Å²) in [6.45, 7) is 0. The maximum Gasteiger partial charge on any atom is 0.103 e. The quantitative estimate of drug-likeness (QED) is 0.416. The molecule has 4 aromatic heterocycles. The molecule has 0 aromatic carbocycles. The molecule has 0 bridgehead atoms. The van der Waals surface area contributed by atoms with E-state index < -0.39 is 16.4 Å². The normalized spacial score (nSPS) is 11.6. The molecule has 0 saturated heterocycles. The third-order valence-corrected chi connectivity index (χ3v) is 8.72. The van der Waals surface area contributed by atoms with Crippen LogP contribution in [0.2, 0.25) is 0 Å². The van der Waals surface area contributed by atoms with Gasteiger partial charge in [-0.05, 0) is 48.5 Å². The van der Waals surface area contributed by atoms with Gasteiger partial charge in [0.1, 0.15) is 16.4 Å². The van der Waals surface area contributed by atoms with Gasteiger partial charge in [0.15, 0.2) is 0 Å². The lowest BCUT2D eigenvalue weighted by Gasteiger charge is -2.25. The molecule has 0 unspecified atom stereocenters. The Morgan fingerprint density at radius 1 is 0.375 bits per heavy atom. The van der Waals surface area contributed by atoms with Gasteiger partial charge in [0, 0.05) is 61.9 Å². The fourth-order valence-corrected chi connectivity index (χ4v) is 7.48. The second-order valence-electron chi connectivity index (χ2n) is 5.44. The van der Waals surface area contributed by atoms with Gasteiger partial charge in [0.05, 0.1) is 0 Å². The van der Waals surface area contributed by atoms with Crippen LogP contribution >= 0.6 is 16.4 Å². The van der Waals surface area contributed by atoms with E-state index in [1.165, 1.54) is 0 Å². The zero-order valence-corrected chi connectivity index (χ0v) is 15.1. The highest BCUT2D eigenvalue weighted by Crippen LogP contribution is 2.46. The molecule has 0 aliphatic heterocycles. The number of hydrogen-bond acceptors (Lipinski definition) is 0. The topological polar surface area (TPSA) is 19.7 Å². The molecule has 4 heterocycles. The fourth-order valence-electron chi connectivity index (χ4n) is 2.80. The first-order chi connectivity index (χ1) is 11.9. The highest BCUT2D eigenvalue weighted by atomic mass is 31.1. The van der Waals surface area contributed by atoms with Gasteiger partial charge in [-0.2, -0.15) is 0 Å². The minimum atomic E-state index is -0.438. The van der Waals surface area contributed by atoms with E-state index in [9.17, 15) is 0 Å². The van der Waals surface area contributed by atoms with Crippen LogP contribution in [0, 0.1) is 0 Å². The summed E-state index contributed by atoms with van der Waals surface area (Å²) in [7, 11) is -0.876. The summed E-state index contributed by atoms with van der Waals surface area (Å²) >= 11 is 0. The Morgan fingerprint density at radius 2 is 0.583 bits per heavy atom. The number of nitrogens with zero attached hydrogens (tertiary/aromatic N) is 4. The monoisotopic (exact) mass is 354 g/mol. The molecule has 0 amide bonds. The molecule has 0 N–H and O–H groups in total. The average Bonchev–Trinajstić information content (AvgIpc) is 3.42. The minimum absolute atomic E-state index is 0.438. The molecule has 0 radical (unpaired) electrons. The van der Waals surface area contributed by atoms with Crippen LogP contribution in [-0.4, -0.2) is 29.7 Å². The molecule has 6 heteroatoms. The van der Waals surface area contributed by atoms with Crippen LogP contribution in [0.15, 0.2) is 98.1 Å². The molecule has 0 spiro atoms. The van der Waals surface area contributed by atoms with E-state index in [2.05, 4.69) is 115 Å². The molecule has 0 aliphatic carbocycles. The predicted molar refractivity (Wildman–Crippen MR) is 103 cm³/mol. The van der Waals surface area contributed by atoms with Crippen molar-refractivity contribution >= 4 is 16.4 Å². The van der Waals surface area contributed by atoms with Crippen LogP contribution in [0.1, 0.15) is 0 Å². The van der Waals surface area contributed by atoms with Gasteiger partial charge in [-0.1, -0.05) is 0 Å². The van der Waals surface area contributed by atoms with E-state index in [-0.39, 0.29) is 0 Å². The van der Waals surface area contributed by atoms with Gasteiger partial charge in [0.25, 0.3) is 0 Å². The number of rotatable bonds is 7. The Morgan fingerprint density at radius 3 is 0.792 bits per heavy atom. The second kappa shape index (κ2) is 7.25. The van der Waals surface area contributed by atoms with E-state index in [0.717, 1.165) is 12.3 Å². The van der Waals surface area contributed by atoms with E-state index in [0.29, 0.717) is 0 Å². The third-order valence-electron chi connectivity index (χ3n) is 3.92. The Kier molecular flexibility index (Phi) is 4.69. The molecule has 122 valence electrons. The lowest BCUT2D eigenvalue weighted by Crippen LogP contribution is -2.08. The van der Waals surface area contributed by atoms with E-state index in [1.54, 1.807) is 0 Å². The van der Waals surface area contributed by atoms with E-state index in [4.69, 9.17) is 0 Å². The van der Waals surface area contributed by atoms with Crippen molar-refractivity contribution in [3.63, 3.8) is 0 Å². The van der Waals surface area contributed by atoms with Gasteiger partial charge in [-0.15, -0.1) is 0 Å². The molecule has 4 aromatic rings. The lowest BCUT2D eigenvalue weighted by molar-refractivity contribution is 1.09. The molecule has 4 nitrogen and oxygen atoms in total. The Labute approximate surface area is 144 Å². The van der Waals surface area contributed by atoms with Crippen molar-refractivity contribution in [1.29, 1.82) is 0 Å². The van der Waals surface area contributed by atoms with Gasteiger partial charge in [-0.25, -0.2) is 0 Å². The van der Waals surface area contributed by atoms with Crippen molar-refractivity contribution < 1.29 is 0 Å². The van der Waals surface area contributed by atoms with Crippen molar-refractivity contribution in [2.45, 2.75) is 0 Å². The average molecular weight is 354 g/mol. The highest BCUT2D eigenvalue weighted by molar-refractivity contribution is 7.58. The molecule has 0 fully saturated rings. The summed E-state index contributed by atoms with van der Waals surface area (Å²) in [6, 6.07) is 16.9. The predicted octanol–water partition coefficient (Wildman–Crippen LogP) is 5.01. The van der Waals surface area contributed by atoms with Crippen molar-refractivity contribution in [3.05, 3.63) is 98.1 Å². The summed E-state index contributed by atoms with van der Waals surface area (Å²) < 4.78 is 9.42. The largest absolute Gasteiger partial charge is 0.316 e. The lowest BCUT2D eigenvalue weighted by atomic mass is 10.7. The van der Waals surface area contributed by atoms with Gasteiger partial charge in [0.2, 0.25) is 0 Å². The van der Waals surface area contributed by atoms with Crippen molar-refractivity contribution in [2.24, 2.45) is 0 Å². The maximum absolute atomic E-state index is 2.36. The van der Waals surface area contributed by atoms with Crippen LogP contribution in [-0.2, 0) is 0 Å². The molecule has 24 heavy (non-hydrogen) atoms. The summed E-state index contributed by atoms with van der Waals surface area (Å²) in [5.41, 5.74) is 0. The number of hydrogen-bond donors (Lipinski definition) is 0. The second-order valence-corrected chi connectivity index (χ2v) is 9.68. The van der Waals surface area contributed by atoms with Gasteiger partial charge >= 0.3 is 0 Å². The van der Waals surface area contributed by atoms with Crippen molar-refractivity contribution in [2.75, 3.05) is 12.3 Å². The summed E-state index contributed by atoms with van der Waals surface area (Å²) in [5, 5.41) is 0. The SMILES string of the molecule is c1ccn(P(CCP(n2cccc2)n2cccc2)n2cccc2)c1. The fraction of sp³-hybridized carbons (Fsp3) is 0.111. The van der Waals surface area contributed by atoms with Crippen LogP contribution in [0.25, 0.3) is 0 Å². The molecule has 0 aliphatic rings. The zero-order valence-electron chi connectivity index (χ0n) is 13.3. The molecule has 0 atom stereocenters. The molecule has 4 rings (SSSR count). The van der Waals surface area contributed by atoms with Gasteiger partial charge in [-0.3, -0.25) is 0 Å². The van der Waals surface area contributed by atoms with Crippen LogP contribution in [0.4, 0.5) is 0 Å². The molecule has 0 saturated carbocycles. The van der Waals surface area contributed by atoms with E-state index in [1.807, 2.05) is 0 Å². The van der Waals surface area contributed by atoms with Gasteiger partial charge < -0.3 is 17.4 Å². The highest BCUT2D eigenvalue weighted by Gasteiger charge is 2.18. The van der Waals surface area contributed by atoms with Crippen LogP contribution in [0.3, 0.4) is 0 Å². The first kappa shape index (κ1) is 15.5. The Bertz CT molecular complexity index is 677. The van der Waals surface area contributed by atoms with Crippen LogP contribution < -0.4 is 0 Å². The summed E-state index contributed by atoms with van der Waals surface area (Å²) in [4.78, 5) is 0. The molecular weight excluding hydrogens is 334 g/mol. The third kappa shape index (κ3) is 3.26. The van der Waals surface area contributed by atoms with Crippen molar-refractivity contribution in [3.8, 4) is 0 Å². The summed E-state index contributed by atoms with van der Waals surface area (Å²) in [5.74, 6) is 0. The first-order valence-corrected chi connectivity index (χ1v) is 10.9. The zero-order chi connectivity index (χ0) is 16.2. The Balaban J connectivity index is 1.58. The smallest absolute Gasteiger partial charge is 0.103 e. The van der Waals surface area contributed by atoms with Crippen molar-refractivity contribution in [1.82, 2.24) is 17.4 Å². The maximum atomic E-state index is 2.36. The standard InChI is InChI=1S/C18H20N4P2/c1-2-10-19(9-1)23(20-11-3-4-12-20)17-18-24(21-13-5-6-14-21)22-15-7-8-16-22/h1-16H,17-18H2. The minimum Gasteiger partial charge on any atom is -0.316 e.